The first kappa shape index (κ1) is 20.1. The van der Waals surface area contributed by atoms with Crippen LogP contribution in [0, 0.1) is 0 Å². The van der Waals surface area contributed by atoms with E-state index in [4.69, 9.17) is 20.4 Å². The summed E-state index contributed by atoms with van der Waals surface area (Å²) in [5.74, 6) is 0.208. The minimum atomic E-state index is -0.636. The van der Waals surface area contributed by atoms with Gasteiger partial charge in [0.05, 0.1) is 18.6 Å². The number of rotatable bonds is 5. The van der Waals surface area contributed by atoms with Gasteiger partial charge in [0, 0.05) is 16.7 Å². The third-order valence-electron chi connectivity index (χ3n) is 4.25. The van der Waals surface area contributed by atoms with Gasteiger partial charge in [-0.3, -0.25) is 14.5 Å². The van der Waals surface area contributed by atoms with Crippen molar-refractivity contribution in [2.24, 2.45) is 0 Å². The molecule has 1 aromatic carbocycles. The number of halogens is 1. The molecule has 0 atom stereocenters. The maximum Gasteiger partial charge on any atom is 0.373 e. The van der Waals surface area contributed by atoms with E-state index < -0.39 is 17.1 Å². The molecule has 0 N–H and O–H groups in total. The topological polar surface area (TPSA) is 90.0 Å². The summed E-state index contributed by atoms with van der Waals surface area (Å²) >= 11 is 6.81. The van der Waals surface area contributed by atoms with Crippen LogP contribution in [0.2, 0.25) is 5.02 Å². The molecule has 1 saturated heterocycles. The molecule has 1 fully saturated rings. The normalized spacial score (nSPS) is 15.3. The van der Waals surface area contributed by atoms with Crippen molar-refractivity contribution in [3.05, 3.63) is 75.7 Å². The molecule has 4 rings (SSSR count). The highest BCUT2D eigenvalue weighted by Gasteiger charge is 2.36. The number of hydrogen-bond acceptors (Lipinski definition) is 7. The Morgan fingerprint density at radius 1 is 1.17 bits per heavy atom. The molecule has 7 nitrogen and oxygen atoms in total. The quantitative estimate of drug-likeness (QED) is 0.394. The molecule has 3 heterocycles. The first-order valence-electron chi connectivity index (χ1n) is 8.73. The van der Waals surface area contributed by atoms with Gasteiger partial charge in [-0.05, 0) is 48.2 Å². The second-order valence-electron chi connectivity index (χ2n) is 6.24. The molecule has 0 radical (unpaired) electrons. The molecule has 0 unspecified atom stereocenters. The second kappa shape index (κ2) is 8.25. The zero-order valence-corrected chi connectivity index (χ0v) is 17.2. The number of furan rings is 2. The SMILES string of the molecule is COC(=O)c1ccc(CN2C(=O)SC(=Cc3ccc(-c4cccc(Cl)c4)o3)C2=O)o1. The van der Waals surface area contributed by atoms with Crippen molar-refractivity contribution in [2.45, 2.75) is 6.54 Å². The Morgan fingerprint density at radius 2 is 2.00 bits per heavy atom. The Labute approximate surface area is 180 Å². The van der Waals surface area contributed by atoms with Gasteiger partial charge in [0.2, 0.25) is 5.76 Å². The number of esters is 1. The van der Waals surface area contributed by atoms with Crippen molar-refractivity contribution in [3.63, 3.8) is 0 Å². The summed E-state index contributed by atoms with van der Waals surface area (Å²) in [6.07, 6.45) is 1.51. The minimum absolute atomic E-state index is 0.000793. The Morgan fingerprint density at radius 3 is 2.77 bits per heavy atom. The summed E-state index contributed by atoms with van der Waals surface area (Å²) in [6, 6.07) is 13.6. The third kappa shape index (κ3) is 4.05. The van der Waals surface area contributed by atoms with Crippen molar-refractivity contribution in [1.82, 2.24) is 4.90 Å². The fraction of sp³-hybridized carbons (Fsp3) is 0.0952. The van der Waals surface area contributed by atoms with Gasteiger partial charge in [-0.1, -0.05) is 23.7 Å². The highest BCUT2D eigenvalue weighted by Crippen LogP contribution is 2.34. The van der Waals surface area contributed by atoms with E-state index in [1.165, 1.54) is 25.3 Å². The number of methoxy groups -OCH3 is 1. The predicted molar refractivity (Wildman–Crippen MR) is 111 cm³/mol. The van der Waals surface area contributed by atoms with Crippen LogP contribution in [0.3, 0.4) is 0 Å². The van der Waals surface area contributed by atoms with E-state index in [-0.39, 0.29) is 17.2 Å². The van der Waals surface area contributed by atoms with Crippen molar-refractivity contribution < 1.29 is 28.0 Å². The Kier molecular flexibility index (Phi) is 5.52. The van der Waals surface area contributed by atoms with Crippen molar-refractivity contribution >= 4 is 46.6 Å². The number of ether oxygens (including phenoxy) is 1. The number of amides is 2. The number of carbonyl (C=O) groups is 3. The van der Waals surface area contributed by atoms with E-state index >= 15 is 0 Å². The van der Waals surface area contributed by atoms with Crippen LogP contribution in [0.5, 0.6) is 0 Å². The van der Waals surface area contributed by atoms with Crippen molar-refractivity contribution in [1.29, 1.82) is 0 Å². The largest absolute Gasteiger partial charge is 0.463 e. The van der Waals surface area contributed by atoms with Crippen LogP contribution in [0.15, 0.2) is 62.3 Å². The van der Waals surface area contributed by atoms with Crippen molar-refractivity contribution in [3.8, 4) is 11.3 Å². The lowest BCUT2D eigenvalue weighted by atomic mass is 10.2. The fourth-order valence-corrected chi connectivity index (χ4v) is 3.83. The highest BCUT2D eigenvalue weighted by atomic mass is 35.5. The van der Waals surface area contributed by atoms with Crippen LogP contribution in [0.4, 0.5) is 4.79 Å². The number of benzene rings is 1. The van der Waals surface area contributed by atoms with Gasteiger partial charge in [0.1, 0.15) is 17.3 Å². The van der Waals surface area contributed by atoms with E-state index in [9.17, 15) is 14.4 Å². The lowest BCUT2D eigenvalue weighted by Gasteiger charge is -2.09. The number of carbonyl (C=O) groups excluding carboxylic acids is 3. The summed E-state index contributed by atoms with van der Waals surface area (Å²) in [4.78, 5) is 37.7. The smallest absolute Gasteiger partial charge is 0.373 e. The first-order chi connectivity index (χ1) is 14.4. The lowest BCUT2D eigenvalue weighted by molar-refractivity contribution is -0.123. The Balaban J connectivity index is 1.50. The summed E-state index contributed by atoms with van der Waals surface area (Å²) in [5.41, 5.74) is 0.800. The molecular formula is C21H14ClNO6S. The summed E-state index contributed by atoms with van der Waals surface area (Å²) < 4.78 is 15.7. The Hall–Kier alpha value is -3.23. The van der Waals surface area contributed by atoms with E-state index in [0.29, 0.717) is 22.3 Å². The van der Waals surface area contributed by atoms with Gasteiger partial charge in [0.15, 0.2) is 0 Å². The monoisotopic (exact) mass is 443 g/mol. The maximum absolute atomic E-state index is 12.7. The summed E-state index contributed by atoms with van der Waals surface area (Å²) in [6.45, 7) is -0.0923. The number of hydrogen-bond donors (Lipinski definition) is 0. The number of imide groups is 1. The molecule has 1 aliphatic rings. The zero-order chi connectivity index (χ0) is 21.3. The minimum Gasteiger partial charge on any atom is -0.463 e. The average Bonchev–Trinajstić information content (AvgIpc) is 3.45. The van der Waals surface area contributed by atoms with Crippen LogP contribution >= 0.6 is 23.4 Å². The zero-order valence-electron chi connectivity index (χ0n) is 15.6. The highest BCUT2D eigenvalue weighted by molar-refractivity contribution is 8.18. The van der Waals surface area contributed by atoms with Gasteiger partial charge in [-0.15, -0.1) is 0 Å². The molecule has 3 aromatic rings. The third-order valence-corrected chi connectivity index (χ3v) is 5.39. The van der Waals surface area contributed by atoms with Crippen LogP contribution in [0.1, 0.15) is 22.1 Å². The molecule has 152 valence electrons. The summed E-state index contributed by atoms with van der Waals surface area (Å²) in [7, 11) is 1.23. The van der Waals surface area contributed by atoms with Gasteiger partial charge in [-0.2, -0.15) is 0 Å². The maximum atomic E-state index is 12.7. The molecule has 2 amide bonds. The van der Waals surface area contributed by atoms with E-state index in [2.05, 4.69) is 4.74 Å². The number of nitrogens with zero attached hydrogens (tertiary/aromatic N) is 1. The molecule has 1 aliphatic heterocycles. The molecule has 30 heavy (non-hydrogen) atoms. The molecule has 0 spiro atoms. The second-order valence-corrected chi connectivity index (χ2v) is 7.67. The predicted octanol–water partition coefficient (Wildman–Crippen LogP) is 5.22. The van der Waals surface area contributed by atoms with Crippen molar-refractivity contribution in [2.75, 3.05) is 7.11 Å². The molecule has 0 aliphatic carbocycles. The van der Waals surface area contributed by atoms with Gasteiger partial charge >= 0.3 is 5.97 Å². The van der Waals surface area contributed by atoms with Gasteiger partial charge < -0.3 is 13.6 Å². The standard InChI is InChI=1S/C21H14ClNO6S/c1-27-20(25)17-8-6-15(29-17)11-23-19(24)18(30-21(23)26)10-14-5-7-16(28-14)12-3-2-4-13(22)9-12/h2-10H,11H2,1H3. The van der Waals surface area contributed by atoms with E-state index in [1.54, 1.807) is 24.3 Å². The number of thioether (sulfide) groups is 1. The van der Waals surface area contributed by atoms with E-state index in [1.807, 2.05) is 12.1 Å². The van der Waals surface area contributed by atoms with Crippen LogP contribution in [-0.2, 0) is 16.1 Å². The van der Waals surface area contributed by atoms with Gasteiger partial charge in [-0.25, -0.2) is 4.79 Å². The van der Waals surface area contributed by atoms with E-state index in [0.717, 1.165) is 22.2 Å². The van der Waals surface area contributed by atoms with Crippen LogP contribution < -0.4 is 0 Å². The summed E-state index contributed by atoms with van der Waals surface area (Å²) in [5, 5.41) is 0.142. The lowest BCUT2D eigenvalue weighted by Crippen LogP contribution is -2.27. The van der Waals surface area contributed by atoms with Gasteiger partial charge in [0.25, 0.3) is 11.1 Å². The molecular weight excluding hydrogens is 430 g/mol. The Bertz CT molecular complexity index is 1180. The van der Waals surface area contributed by atoms with Crippen LogP contribution in [-0.4, -0.2) is 29.1 Å². The average molecular weight is 444 g/mol. The molecule has 0 saturated carbocycles. The molecule has 2 aromatic heterocycles. The molecule has 9 heteroatoms. The fourth-order valence-electron chi connectivity index (χ4n) is 2.82. The molecule has 0 bridgehead atoms. The first-order valence-corrected chi connectivity index (χ1v) is 9.92. The van der Waals surface area contributed by atoms with Crippen LogP contribution in [0.25, 0.3) is 17.4 Å².